The molecule has 12 heteroatoms. The summed E-state index contributed by atoms with van der Waals surface area (Å²) < 4.78 is 11.6. The van der Waals surface area contributed by atoms with E-state index in [4.69, 9.17) is 14.5 Å². The molecule has 0 atom stereocenters. The van der Waals surface area contributed by atoms with Crippen molar-refractivity contribution in [1.29, 1.82) is 0 Å². The molecular formula is C27H35N7O3S2. The van der Waals surface area contributed by atoms with Crippen LogP contribution in [0.5, 0.6) is 0 Å². The Labute approximate surface area is 237 Å². The molecule has 3 aromatic rings. The molecule has 39 heavy (non-hydrogen) atoms. The van der Waals surface area contributed by atoms with E-state index < -0.39 is 6.09 Å². The van der Waals surface area contributed by atoms with Crippen molar-refractivity contribution in [2.45, 2.75) is 30.0 Å². The highest BCUT2D eigenvalue weighted by Crippen LogP contribution is 2.29. The van der Waals surface area contributed by atoms with E-state index in [-0.39, 0.29) is 6.61 Å². The number of benzene rings is 1. The number of hydrogen-bond donors (Lipinski definition) is 2. The van der Waals surface area contributed by atoms with Gasteiger partial charge in [0.05, 0.1) is 18.9 Å². The summed E-state index contributed by atoms with van der Waals surface area (Å²) in [5, 5.41) is 15.9. The molecule has 1 fully saturated rings. The lowest BCUT2D eigenvalue weighted by Gasteiger charge is -2.29. The van der Waals surface area contributed by atoms with Gasteiger partial charge in [0.15, 0.2) is 4.34 Å². The SMILES string of the molecule is C=CCOC(=O)Nc1cc(CNc2cc(N3CCOCC3)cc(CSc3nnc(CC)s3)n2)cc(N(C)C)c1. The first-order valence-corrected chi connectivity index (χ1v) is 14.6. The van der Waals surface area contributed by atoms with Crippen LogP contribution in [0.4, 0.5) is 27.7 Å². The third-order valence-corrected chi connectivity index (χ3v) is 8.11. The average molecular weight is 570 g/mol. The fourth-order valence-electron chi connectivity index (χ4n) is 3.90. The van der Waals surface area contributed by atoms with E-state index in [0.717, 1.165) is 57.3 Å². The van der Waals surface area contributed by atoms with Crippen molar-refractivity contribution in [3.05, 3.63) is 59.3 Å². The lowest BCUT2D eigenvalue weighted by atomic mass is 10.1. The van der Waals surface area contributed by atoms with Gasteiger partial charge in [0.25, 0.3) is 0 Å². The van der Waals surface area contributed by atoms with Gasteiger partial charge in [-0.2, -0.15) is 0 Å². The van der Waals surface area contributed by atoms with Crippen molar-refractivity contribution in [1.82, 2.24) is 15.2 Å². The Morgan fingerprint density at radius 2 is 2.05 bits per heavy atom. The summed E-state index contributed by atoms with van der Waals surface area (Å²) in [6, 6.07) is 10.1. The molecule has 0 radical (unpaired) electrons. The van der Waals surface area contributed by atoms with Gasteiger partial charge in [-0.1, -0.05) is 42.7 Å². The third-order valence-electron chi connectivity index (χ3n) is 5.88. The maximum atomic E-state index is 12.1. The zero-order valence-corrected chi connectivity index (χ0v) is 24.2. The molecule has 1 amide bonds. The van der Waals surface area contributed by atoms with Crippen LogP contribution in [0.2, 0.25) is 0 Å². The van der Waals surface area contributed by atoms with Crippen LogP contribution >= 0.6 is 23.1 Å². The van der Waals surface area contributed by atoms with E-state index in [9.17, 15) is 4.79 Å². The molecule has 0 unspecified atom stereocenters. The average Bonchev–Trinajstić information content (AvgIpc) is 3.42. The van der Waals surface area contributed by atoms with Gasteiger partial charge in [0, 0.05) is 62.6 Å². The number of aryl methyl sites for hydroxylation is 1. The van der Waals surface area contributed by atoms with Crippen LogP contribution in [-0.2, 0) is 28.2 Å². The van der Waals surface area contributed by atoms with E-state index in [1.54, 1.807) is 23.1 Å². The Bertz CT molecular complexity index is 1260. The summed E-state index contributed by atoms with van der Waals surface area (Å²) in [6.07, 6.45) is 1.90. The van der Waals surface area contributed by atoms with Gasteiger partial charge in [-0.05, 0) is 36.2 Å². The second-order valence-electron chi connectivity index (χ2n) is 9.05. The smallest absolute Gasteiger partial charge is 0.411 e. The van der Waals surface area contributed by atoms with E-state index >= 15 is 0 Å². The molecular weight excluding hydrogens is 534 g/mol. The molecule has 1 aromatic carbocycles. The van der Waals surface area contributed by atoms with Gasteiger partial charge in [0.2, 0.25) is 0 Å². The standard InChI is InChI=1S/C27H35N7O3S2/c1-5-9-37-26(35)30-20-12-19(13-22(14-20)33(3)4)17-28-24-16-23(34-7-10-36-11-8-34)15-21(29-24)18-38-27-32-31-25(6-2)39-27/h5,12-16H,1,6-11,17-18H2,2-4H3,(H,28,29)(H,30,35). The van der Waals surface area contributed by atoms with E-state index in [1.807, 2.05) is 31.1 Å². The highest BCUT2D eigenvalue weighted by Gasteiger charge is 2.15. The number of carbonyl (C=O) groups is 1. The number of thioether (sulfide) groups is 1. The zero-order chi connectivity index (χ0) is 27.6. The fraction of sp³-hybridized carbons (Fsp3) is 0.407. The zero-order valence-electron chi connectivity index (χ0n) is 22.6. The van der Waals surface area contributed by atoms with Crippen LogP contribution in [0.25, 0.3) is 0 Å². The molecule has 2 N–H and O–H groups in total. The van der Waals surface area contributed by atoms with Gasteiger partial charge in [-0.15, -0.1) is 10.2 Å². The molecule has 10 nitrogen and oxygen atoms in total. The molecule has 1 saturated heterocycles. The minimum Gasteiger partial charge on any atom is -0.445 e. The number of pyridine rings is 1. The number of amides is 1. The third kappa shape index (κ3) is 8.57. The first kappa shape index (κ1) is 28.7. The second-order valence-corrected chi connectivity index (χ2v) is 11.3. The van der Waals surface area contributed by atoms with Crippen LogP contribution in [0.15, 0.2) is 47.3 Å². The largest absolute Gasteiger partial charge is 0.445 e. The van der Waals surface area contributed by atoms with Crippen LogP contribution in [-0.4, -0.2) is 68.3 Å². The Morgan fingerprint density at radius 3 is 2.77 bits per heavy atom. The van der Waals surface area contributed by atoms with E-state index in [0.29, 0.717) is 31.2 Å². The topological polar surface area (TPSA) is 105 Å². The van der Waals surface area contributed by atoms with Crippen molar-refractivity contribution in [2.75, 3.05) is 67.4 Å². The fourth-order valence-corrected chi connectivity index (χ4v) is 5.63. The van der Waals surface area contributed by atoms with Gasteiger partial charge in [-0.3, -0.25) is 5.32 Å². The van der Waals surface area contributed by atoms with E-state index in [2.05, 4.69) is 57.4 Å². The predicted molar refractivity (Wildman–Crippen MR) is 159 cm³/mol. The quantitative estimate of drug-likeness (QED) is 0.228. The van der Waals surface area contributed by atoms with E-state index in [1.165, 1.54) is 6.08 Å². The van der Waals surface area contributed by atoms with Crippen LogP contribution in [0, 0.1) is 0 Å². The molecule has 2 aromatic heterocycles. The predicted octanol–water partition coefficient (Wildman–Crippen LogP) is 5.04. The Morgan fingerprint density at radius 1 is 1.23 bits per heavy atom. The highest BCUT2D eigenvalue weighted by atomic mass is 32.2. The molecule has 0 bridgehead atoms. The molecule has 1 aliphatic rings. The molecule has 0 spiro atoms. The second kappa shape index (κ2) is 14.2. The van der Waals surface area contributed by atoms with Gasteiger partial charge >= 0.3 is 6.09 Å². The summed E-state index contributed by atoms with van der Waals surface area (Å²) in [5.41, 5.74) is 4.70. The number of aromatic nitrogens is 3. The Hall–Kier alpha value is -3.35. The lowest BCUT2D eigenvalue weighted by molar-refractivity contribution is 0.122. The Balaban J connectivity index is 1.52. The number of carbonyl (C=O) groups excluding carboxylic acids is 1. The number of anilines is 4. The van der Waals surface area contributed by atoms with Crippen molar-refractivity contribution in [3.63, 3.8) is 0 Å². The normalized spacial score (nSPS) is 13.2. The maximum Gasteiger partial charge on any atom is 0.411 e. The summed E-state index contributed by atoms with van der Waals surface area (Å²) in [5.74, 6) is 1.48. The van der Waals surface area contributed by atoms with Gasteiger partial charge < -0.3 is 24.6 Å². The monoisotopic (exact) mass is 569 g/mol. The van der Waals surface area contributed by atoms with Crippen molar-refractivity contribution in [2.24, 2.45) is 0 Å². The maximum absolute atomic E-state index is 12.1. The van der Waals surface area contributed by atoms with Gasteiger partial charge in [0.1, 0.15) is 17.4 Å². The number of nitrogens with zero attached hydrogens (tertiary/aromatic N) is 5. The Kier molecular flexibility index (Phi) is 10.4. The number of rotatable bonds is 12. The molecule has 3 heterocycles. The minimum absolute atomic E-state index is 0.151. The number of nitrogens with one attached hydrogen (secondary N) is 2. The molecule has 208 valence electrons. The summed E-state index contributed by atoms with van der Waals surface area (Å²) in [4.78, 5) is 21.3. The van der Waals surface area contributed by atoms with Crippen LogP contribution in [0.3, 0.4) is 0 Å². The molecule has 1 aliphatic heterocycles. The lowest BCUT2D eigenvalue weighted by Crippen LogP contribution is -2.36. The van der Waals surface area contributed by atoms with Crippen LogP contribution < -0.4 is 20.4 Å². The molecule has 0 saturated carbocycles. The summed E-state index contributed by atoms with van der Waals surface area (Å²) in [6.45, 7) is 9.44. The first-order chi connectivity index (χ1) is 18.9. The van der Waals surface area contributed by atoms with Crippen molar-refractivity contribution in [3.8, 4) is 0 Å². The molecule has 0 aliphatic carbocycles. The van der Waals surface area contributed by atoms with Crippen LogP contribution in [0.1, 0.15) is 23.2 Å². The number of morpholine rings is 1. The summed E-state index contributed by atoms with van der Waals surface area (Å²) >= 11 is 3.29. The minimum atomic E-state index is -0.520. The molecule has 4 rings (SSSR count). The van der Waals surface area contributed by atoms with Crippen molar-refractivity contribution >= 4 is 52.1 Å². The summed E-state index contributed by atoms with van der Waals surface area (Å²) in [7, 11) is 3.93. The first-order valence-electron chi connectivity index (χ1n) is 12.8. The highest BCUT2D eigenvalue weighted by molar-refractivity contribution is 8.00. The van der Waals surface area contributed by atoms with Crippen molar-refractivity contribution < 1.29 is 14.3 Å². The number of ether oxygens (including phenoxy) is 2. The van der Waals surface area contributed by atoms with Gasteiger partial charge in [-0.25, -0.2) is 9.78 Å². The number of hydrogen-bond acceptors (Lipinski definition) is 11.